The van der Waals surface area contributed by atoms with Crippen LogP contribution in [-0.4, -0.2) is 39.1 Å². The van der Waals surface area contributed by atoms with Gasteiger partial charge in [-0.25, -0.2) is 8.42 Å². The predicted octanol–water partition coefficient (Wildman–Crippen LogP) is 3.41. The molecule has 2 aromatic carbocycles. The van der Waals surface area contributed by atoms with Gasteiger partial charge in [0.25, 0.3) is 0 Å². The molecular formula is C19H18ClNO3S. The van der Waals surface area contributed by atoms with Crippen LogP contribution in [0.15, 0.2) is 59.0 Å². The fourth-order valence-electron chi connectivity index (χ4n) is 2.95. The first-order chi connectivity index (χ1) is 11.8. The summed E-state index contributed by atoms with van der Waals surface area (Å²) in [5.74, 6) is -0.00265. The fourth-order valence-corrected chi connectivity index (χ4v) is 3.71. The second-order valence-corrected chi connectivity index (χ2v) is 8.59. The molecule has 2 aromatic rings. The maximum Gasteiger partial charge on any atom is 0.250 e. The number of rotatable bonds is 3. The van der Waals surface area contributed by atoms with Gasteiger partial charge in [0.15, 0.2) is 9.84 Å². The van der Waals surface area contributed by atoms with Crippen LogP contribution in [0.1, 0.15) is 17.5 Å². The zero-order valence-corrected chi connectivity index (χ0v) is 15.6. The van der Waals surface area contributed by atoms with E-state index < -0.39 is 9.84 Å². The molecule has 4 nitrogen and oxygen atoms in total. The van der Waals surface area contributed by atoms with E-state index in [1.54, 1.807) is 48.3 Å². The molecule has 0 aromatic heterocycles. The Hall–Kier alpha value is -2.11. The molecule has 1 aliphatic rings. The van der Waals surface area contributed by atoms with Crippen molar-refractivity contribution >= 4 is 32.9 Å². The number of carbonyl (C=O) groups excluding carboxylic acids is 1. The molecule has 1 heterocycles. The molecule has 6 heteroatoms. The van der Waals surface area contributed by atoms with Crippen LogP contribution < -0.4 is 0 Å². The molecule has 0 aliphatic carbocycles. The second kappa shape index (κ2) is 6.65. The molecule has 130 valence electrons. The number of carbonyl (C=O) groups is 1. The quantitative estimate of drug-likeness (QED) is 0.772. The minimum atomic E-state index is -3.26. The summed E-state index contributed by atoms with van der Waals surface area (Å²) in [7, 11) is -1.48. The van der Waals surface area contributed by atoms with Crippen LogP contribution in [0, 0.1) is 0 Å². The zero-order valence-electron chi connectivity index (χ0n) is 14.0. The molecule has 0 saturated carbocycles. The van der Waals surface area contributed by atoms with Crippen molar-refractivity contribution in [2.45, 2.75) is 11.3 Å². The van der Waals surface area contributed by atoms with Crippen LogP contribution in [0.4, 0.5) is 0 Å². The minimum absolute atomic E-state index is 0.00265. The number of hydrogen-bond donors (Lipinski definition) is 0. The molecule has 25 heavy (non-hydrogen) atoms. The number of sulfone groups is 1. The Balaban J connectivity index is 2.17. The number of hydrogen-bond acceptors (Lipinski definition) is 3. The average molecular weight is 376 g/mol. The van der Waals surface area contributed by atoms with E-state index in [1.165, 1.54) is 6.26 Å². The van der Waals surface area contributed by atoms with Gasteiger partial charge in [-0.05, 0) is 47.4 Å². The molecule has 1 fully saturated rings. The first-order valence-corrected chi connectivity index (χ1v) is 10.1. The summed E-state index contributed by atoms with van der Waals surface area (Å²) in [5, 5.41) is 0.621. The summed E-state index contributed by atoms with van der Waals surface area (Å²) < 4.78 is 23.4. The van der Waals surface area contributed by atoms with E-state index in [0.717, 1.165) is 22.3 Å². The topological polar surface area (TPSA) is 54.5 Å². The standard InChI is InChI=1S/C19H18ClNO3S/c1-21-12-11-17(19(21)22)18(13-3-7-15(20)8-4-13)14-5-9-16(10-6-14)25(2,23)24/h3-10H,11-12H2,1-2H3/b18-17+. The Morgan fingerprint density at radius 3 is 1.96 bits per heavy atom. The maximum atomic E-state index is 12.5. The lowest BCUT2D eigenvalue weighted by Gasteiger charge is -2.13. The molecule has 0 spiro atoms. The third kappa shape index (κ3) is 3.62. The Kier molecular flexibility index (Phi) is 4.71. The van der Waals surface area contributed by atoms with Crippen LogP contribution in [0.25, 0.3) is 5.57 Å². The largest absolute Gasteiger partial charge is 0.342 e. The number of likely N-dealkylation sites (tertiary alicyclic amines) is 1. The summed E-state index contributed by atoms with van der Waals surface area (Å²) in [6.07, 6.45) is 1.83. The van der Waals surface area contributed by atoms with Crippen LogP contribution in [-0.2, 0) is 14.6 Å². The summed E-state index contributed by atoms with van der Waals surface area (Å²) in [6.45, 7) is 0.673. The van der Waals surface area contributed by atoms with E-state index in [9.17, 15) is 13.2 Å². The lowest BCUT2D eigenvalue weighted by Crippen LogP contribution is -2.19. The molecular weight excluding hydrogens is 358 g/mol. The van der Waals surface area contributed by atoms with E-state index in [-0.39, 0.29) is 10.8 Å². The number of halogens is 1. The van der Waals surface area contributed by atoms with Gasteiger partial charge in [0.2, 0.25) is 5.91 Å². The van der Waals surface area contributed by atoms with Crippen molar-refractivity contribution in [3.8, 4) is 0 Å². The van der Waals surface area contributed by atoms with Gasteiger partial charge in [-0.15, -0.1) is 0 Å². The Labute approximate surface area is 152 Å². The summed E-state index contributed by atoms with van der Waals surface area (Å²) in [6, 6.07) is 14.0. The smallest absolute Gasteiger partial charge is 0.250 e. The number of nitrogens with zero attached hydrogens (tertiary/aromatic N) is 1. The van der Waals surface area contributed by atoms with Gasteiger partial charge in [-0.1, -0.05) is 35.9 Å². The highest BCUT2D eigenvalue weighted by atomic mass is 35.5. The van der Waals surface area contributed by atoms with Crippen molar-refractivity contribution in [1.29, 1.82) is 0 Å². The fraction of sp³-hybridized carbons (Fsp3) is 0.211. The van der Waals surface area contributed by atoms with Crippen LogP contribution >= 0.6 is 11.6 Å². The lowest BCUT2D eigenvalue weighted by molar-refractivity contribution is -0.123. The second-order valence-electron chi connectivity index (χ2n) is 6.13. The highest BCUT2D eigenvalue weighted by Gasteiger charge is 2.27. The summed E-state index contributed by atoms with van der Waals surface area (Å²) in [5.41, 5.74) is 3.26. The SMILES string of the molecule is CN1CC/C(=C(/c2ccc(Cl)cc2)c2ccc(S(C)(=O)=O)cc2)C1=O. The summed E-state index contributed by atoms with van der Waals surface area (Å²) in [4.78, 5) is 14.5. The number of benzene rings is 2. The molecule has 3 rings (SSSR count). The predicted molar refractivity (Wildman–Crippen MR) is 99.3 cm³/mol. The highest BCUT2D eigenvalue weighted by molar-refractivity contribution is 7.90. The molecule has 0 N–H and O–H groups in total. The van der Waals surface area contributed by atoms with Crippen molar-refractivity contribution in [2.24, 2.45) is 0 Å². The van der Waals surface area contributed by atoms with Crippen molar-refractivity contribution in [3.63, 3.8) is 0 Å². The third-order valence-electron chi connectivity index (χ3n) is 4.31. The monoisotopic (exact) mass is 375 g/mol. The molecule has 1 saturated heterocycles. The highest BCUT2D eigenvalue weighted by Crippen LogP contribution is 2.33. The van der Waals surface area contributed by atoms with Crippen LogP contribution in [0.5, 0.6) is 0 Å². The van der Waals surface area contributed by atoms with Crippen molar-refractivity contribution in [1.82, 2.24) is 4.90 Å². The molecule has 0 unspecified atom stereocenters. The van der Waals surface area contributed by atoms with Crippen molar-refractivity contribution in [3.05, 3.63) is 70.3 Å². The summed E-state index contributed by atoms with van der Waals surface area (Å²) >= 11 is 5.99. The van der Waals surface area contributed by atoms with Crippen LogP contribution in [0.2, 0.25) is 5.02 Å². The lowest BCUT2D eigenvalue weighted by atomic mass is 9.92. The van der Waals surface area contributed by atoms with Gasteiger partial charge in [0.05, 0.1) is 4.90 Å². The van der Waals surface area contributed by atoms with E-state index in [2.05, 4.69) is 0 Å². The van der Waals surface area contributed by atoms with E-state index in [0.29, 0.717) is 18.0 Å². The number of amides is 1. The normalized spacial score (nSPS) is 17.1. The number of likely N-dealkylation sites (N-methyl/N-ethyl adjacent to an activating group) is 1. The molecule has 0 bridgehead atoms. The van der Waals surface area contributed by atoms with Gasteiger partial charge >= 0.3 is 0 Å². The van der Waals surface area contributed by atoms with Crippen LogP contribution in [0.3, 0.4) is 0 Å². The maximum absolute atomic E-state index is 12.5. The zero-order chi connectivity index (χ0) is 18.2. The van der Waals surface area contributed by atoms with Gasteiger partial charge < -0.3 is 4.90 Å². The van der Waals surface area contributed by atoms with Crippen molar-refractivity contribution < 1.29 is 13.2 Å². The van der Waals surface area contributed by atoms with Crippen molar-refractivity contribution in [2.75, 3.05) is 19.8 Å². The van der Waals surface area contributed by atoms with E-state index >= 15 is 0 Å². The van der Waals surface area contributed by atoms with E-state index in [1.807, 2.05) is 12.1 Å². The molecule has 0 radical (unpaired) electrons. The Morgan fingerprint density at radius 1 is 1.00 bits per heavy atom. The average Bonchev–Trinajstić information content (AvgIpc) is 2.89. The van der Waals surface area contributed by atoms with Gasteiger partial charge in [-0.3, -0.25) is 4.79 Å². The first-order valence-electron chi connectivity index (χ1n) is 7.82. The Bertz CT molecular complexity index is 945. The van der Waals surface area contributed by atoms with Gasteiger partial charge in [0.1, 0.15) is 0 Å². The molecule has 0 atom stereocenters. The molecule has 1 aliphatic heterocycles. The van der Waals surface area contributed by atoms with Gasteiger partial charge in [-0.2, -0.15) is 0 Å². The third-order valence-corrected chi connectivity index (χ3v) is 5.69. The van der Waals surface area contributed by atoms with E-state index in [4.69, 9.17) is 11.6 Å². The minimum Gasteiger partial charge on any atom is -0.342 e. The Morgan fingerprint density at radius 2 is 1.52 bits per heavy atom. The van der Waals surface area contributed by atoms with Gasteiger partial charge in [0, 0.05) is 30.4 Å². The molecule has 1 amide bonds. The first kappa shape index (κ1) is 17.7.